The third kappa shape index (κ3) is 42.2. The summed E-state index contributed by atoms with van der Waals surface area (Å²) in [5, 5.41) is 8.53. The fraction of sp³-hybridized carbons (Fsp3) is 0.926. The normalized spacial score (nSPS) is 12.3. The lowest BCUT2D eigenvalue weighted by molar-refractivity contribution is -0.131. The Balaban J connectivity index is 5.00. The van der Waals surface area contributed by atoms with Crippen molar-refractivity contribution < 1.29 is 19.2 Å². The monoisotopic (exact) mass is 952 g/mol. The summed E-state index contributed by atoms with van der Waals surface area (Å²) in [6.07, 6.45) is 43.9. The van der Waals surface area contributed by atoms with Gasteiger partial charge in [-0.25, -0.2) is 0 Å². The van der Waals surface area contributed by atoms with Gasteiger partial charge in [0.15, 0.2) is 0 Å². The molecule has 0 spiro atoms. The molecule has 2 atom stereocenters. The first-order valence-electron chi connectivity index (χ1n) is 28.1. The van der Waals surface area contributed by atoms with E-state index in [4.69, 9.17) is 17.2 Å². The van der Waals surface area contributed by atoms with Gasteiger partial charge in [0, 0.05) is 88.5 Å². The molecule has 0 fully saturated rings. The quantitative estimate of drug-likeness (QED) is 0.0325. The van der Waals surface area contributed by atoms with Gasteiger partial charge >= 0.3 is 0 Å². The van der Waals surface area contributed by atoms with Crippen LogP contribution in [0.1, 0.15) is 245 Å². The number of hydrogen-bond acceptors (Lipinski definition) is 8. The topological polar surface area (TPSA) is 186 Å². The van der Waals surface area contributed by atoms with Crippen molar-refractivity contribution in [3.63, 3.8) is 0 Å². The highest BCUT2D eigenvalue weighted by molar-refractivity contribution is 7.99. The van der Waals surface area contributed by atoms with Crippen LogP contribution in [0, 0.1) is 11.8 Å². The molecule has 0 rings (SSSR count). The number of nitrogens with zero attached hydrogens (tertiary/aromatic N) is 1. The van der Waals surface area contributed by atoms with Crippen molar-refractivity contribution in [1.82, 2.24) is 20.9 Å². The maximum Gasteiger partial charge on any atom is 0.224 e. The van der Waals surface area contributed by atoms with Gasteiger partial charge < -0.3 is 38.1 Å². The minimum absolute atomic E-state index is 0.155. The van der Waals surface area contributed by atoms with Crippen LogP contribution in [-0.4, -0.2) is 92.4 Å². The zero-order valence-corrected chi connectivity index (χ0v) is 44.2. The van der Waals surface area contributed by atoms with E-state index in [2.05, 4.69) is 34.7 Å². The molecule has 0 radical (unpaired) electrons. The number of thioether (sulfide) groups is 1. The summed E-state index contributed by atoms with van der Waals surface area (Å²) in [6, 6.07) is 0. The molecule has 0 aliphatic heterocycles. The van der Waals surface area contributed by atoms with Gasteiger partial charge in [-0.05, 0) is 25.7 Å². The van der Waals surface area contributed by atoms with E-state index >= 15 is 0 Å². The van der Waals surface area contributed by atoms with Gasteiger partial charge in [-0.3, -0.25) is 19.2 Å². The smallest absolute Gasteiger partial charge is 0.224 e. The van der Waals surface area contributed by atoms with Crippen LogP contribution in [0.15, 0.2) is 0 Å². The molecule has 0 saturated carbocycles. The van der Waals surface area contributed by atoms with Crippen LogP contribution in [0.3, 0.4) is 0 Å². The van der Waals surface area contributed by atoms with Crippen LogP contribution in [0.2, 0.25) is 0 Å². The lowest BCUT2D eigenvalue weighted by atomic mass is 9.90. The summed E-state index contributed by atoms with van der Waals surface area (Å²) in [5.74, 6) is -0.245. The average Bonchev–Trinajstić information content (AvgIpc) is 3.32. The molecule has 0 saturated heterocycles. The van der Waals surface area contributed by atoms with Crippen molar-refractivity contribution >= 4 is 35.4 Å². The molecule has 9 N–H and O–H groups in total. The number of nitrogens with two attached hydrogens (primary N) is 3. The number of carbonyl (C=O) groups is 4. The highest BCUT2D eigenvalue weighted by Gasteiger charge is 2.28. The highest BCUT2D eigenvalue weighted by atomic mass is 32.2. The summed E-state index contributed by atoms with van der Waals surface area (Å²) in [5.41, 5.74) is 16.9. The Labute approximate surface area is 411 Å². The molecular formula is C54H109N7O4S. The Kier molecular flexibility index (Phi) is 49.5. The van der Waals surface area contributed by atoms with Crippen LogP contribution >= 0.6 is 11.8 Å². The maximum absolute atomic E-state index is 13.7. The van der Waals surface area contributed by atoms with E-state index in [1.807, 2.05) is 0 Å². The van der Waals surface area contributed by atoms with Crippen molar-refractivity contribution in [2.24, 2.45) is 29.0 Å². The lowest BCUT2D eigenvalue weighted by Gasteiger charge is -2.24. The lowest BCUT2D eigenvalue weighted by Crippen LogP contribution is -2.40. The molecule has 0 aliphatic rings. The Morgan fingerprint density at radius 3 is 1.14 bits per heavy atom. The Bertz CT molecular complexity index is 1070. The van der Waals surface area contributed by atoms with Crippen LogP contribution in [0.5, 0.6) is 0 Å². The minimum Gasteiger partial charge on any atom is -0.355 e. The number of carbonyl (C=O) groups excluding carboxylic acids is 4. The summed E-state index contributed by atoms with van der Waals surface area (Å²) in [6.45, 7) is 8.21. The largest absolute Gasteiger partial charge is 0.355 e. The van der Waals surface area contributed by atoms with E-state index in [9.17, 15) is 19.2 Å². The standard InChI is InChI=1S/C54H109N7O4S/c1-3-5-7-9-11-13-15-17-19-21-23-25-27-29-31-33-44-61(45-34-32-30-28-26-24-22-20-18-16-14-12-10-8-6-4-2)52(63)37-46-66-48-50(54(65)60-43-40-57)47-49(53(64)59-42-39-56)35-36-51(62)58-41-38-55/h49-50H,3-48,55-57H2,1-2H3,(H,58,62)(H,59,64)(H,60,65). The van der Waals surface area contributed by atoms with E-state index in [-0.39, 0.29) is 30.0 Å². The van der Waals surface area contributed by atoms with Crippen LogP contribution < -0.4 is 33.2 Å². The zero-order valence-electron chi connectivity index (χ0n) is 43.4. The number of unbranched alkanes of at least 4 members (excludes halogenated alkanes) is 30. The molecule has 0 aromatic rings. The van der Waals surface area contributed by atoms with Gasteiger partial charge in [0.25, 0.3) is 0 Å². The van der Waals surface area contributed by atoms with Crippen LogP contribution in [0.25, 0.3) is 0 Å². The summed E-state index contributed by atoms with van der Waals surface area (Å²) in [4.78, 5) is 54.8. The third-order valence-electron chi connectivity index (χ3n) is 13.1. The van der Waals surface area contributed by atoms with E-state index in [1.165, 1.54) is 193 Å². The molecule has 11 nitrogen and oxygen atoms in total. The molecule has 2 unspecified atom stereocenters. The first kappa shape index (κ1) is 64.1. The molecule has 66 heavy (non-hydrogen) atoms. The van der Waals surface area contributed by atoms with Crippen LogP contribution in [-0.2, 0) is 19.2 Å². The molecule has 0 aromatic heterocycles. The molecule has 12 heteroatoms. The maximum atomic E-state index is 13.7. The summed E-state index contributed by atoms with van der Waals surface area (Å²) in [7, 11) is 0. The van der Waals surface area contributed by atoms with Gasteiger partial charge in [-0.2, -0.15) is 11.8 Å². The number of rotatable bonds is 52. The van der Waals surface area contributed by atoms with Gasteiger partial charge in [0.05, 0.1) is 0 Å². The molecule has 4 amide bonds. The van der Waals surface area contributed by atoms with Crippen molar-refractivity contribution in [2.45, 2.75) is 245 Å². The van der Waals surface area contributed by atoms with E-state index < -0.39 is 11.8 Å². The van der Waals surface area contributed by atoms with Crippen molar-refractivity contribution in [1.29, 1.82) is 0 Å². The third-order valence-corrected chi connectivity index (χ3v) is 14.2. The Morgan fingerprint density at radius 2 is 0.773 bits per heavy atom. The Morgan fingerprint density at radius 1 is 0.439 bits per heavy atom. The second-order valence-corrected chi connectivity index (χ2v) is 20.4. The van der Waals surface area contributed by atoms with Crippen LogP contribution in [0.4, 0.5) is 0 Å². The van der Waals surface area contributed by atoms with Crippen molar-refractivity contribution in [3.8, 4) is 0 Å². The minimum atomic E-state index is -0.536. The number of hydrogen-bond donors (Lipinski definition) is 6. The molecular weight excluding hydrogens is 843 g/mol. The van der Waals surface area contributed by atoms with Gasteiger partial charge in [-0.1, -0.05) is 206 Å². The molecule has 390 valence electrons. The molecule has 0 aliphatic carbocycles. The molecule has 0 heterocycles. The predicted octanol–water partition coefficient (Wildman–Crippen LogP) is 11.1. The van der Waals surface area contributed by atoms with Gasteiger partial charge in [0.2, 0.25) is 23.6 Å². The van der Waals surface area contributed by atoms with E-state index in [1.54, 1.807) is 11.8 Å². The highest BCUT2D eigenvalue weighted by Crippen LogP contribution is 2.24. The summed E-state index contributed by atoms with van der Waals surface area (Å²) >= 11 is 1.59. The first-order chi connectivity index (χ1) is 32.3. The molecule has 0 bridgehead atoms. The van der Waals surface area contributed by atoms with E-state index in [0.717, 1.165) is 25.9 Å². The van der Waals surface area contributed by atoms with E-state index in [0.29, 0.717) is 70.0 Å². The fourth-order valence-electron chi connectivity index (χ4n) is 8.84. The first-order valence-corrected chi connectivity index (χ1v) is 29.3. The van der Waals surface area contributed by atoms with Gasteiger partial charge in [-0.15, -0.1) is 0 Å². The predicted molar refractivity (Wildman–Crippen MR) is 285 cm³/mol. The van der Waals surface area contributed by atoms with Gasteiger partial charge in [0.1, 0.15) is 0 Å². The number of nitrogens with one attached hydrogen (secondary N) is 3. The number of amides is 4. The second-order valence-electron chi connectivity index (χ2n) is 19.3. The second kappa shape index (κ2) is 51.0. The average molecular weight is 953 g/mol. The van der Waals surface area contributed by atoms with Crippen molar-refractivity contribution in [3.05, 3.63) is 0 Å². The fourth-order valence-corrected chi connectivity index (χ4v) is 9.90. The van der Waals surface area contributed by atoms with Crippen molar-refractivity contribution in [2.75, 3.05) is 63.9 Å². The zero-order chi connectivity index (χ0) is 48.4. The SMILES string of the molecule is CCCCCCCCCCCCCCCCCCN(CCCCCCCCCCCCCCCCCC)C(=O)CCSCC(CC(CCC(=O)NCCN)C(=O)NCCN)C(=O)NCCN. The summed E-state index contributed by atoms with van der Waals surface area (Å²) < 4.78 is 0. The Hall–Kier alpha value is -1.89. The molecule has 0 aromatic carbocycles.